The van der Waals surface area contributed by atoms with E-state index in [2.05, 4.69) is 22.2 Å². The molecule has 184 valence electrons. The van der Waals surface area contributed by atoms with E-state index in [4.69, 9.17) is 5.73 Å². The van der Waals surface area contributed by atoms with Gasteiger partial charge in [-0.25, -0.2) is 13.4 Å². The summed E-state index contributed by atoms with van der Waals surface area (Å²) < 4.78 is 24.7. The average molecular weight is 493 g/mol. The Bertz CT molecular complexity index is 1310. The van der Waals surface area contributed by atoms with Crippen molar-refractivity contribution >= 4 is 21.3 Å². The van der Waals surface area contributed by atoms with Crippen LogP contribution in [-0.4, -0.2) is 36.0 Å². The van der Waals surface area contributed by atoms with Gasteiger partial charge in [0.2, 0.25) is 5.78 Å². The Balaban J connectivity index is 1.81. The lowest BCUT2D eigenvalue weighted by atomic mass is 10.1. The van der Waals surface area contributed by atoms with Crippen LogP contribution in [0, 0.1) is 6.92 Å². The Morgan fingerprint density at radius 1 is 1.09 bits per heavy atom. The van der Waals surface area contributed by atoms with Crippen molar-refractivity contribution in [3.8, 4) is 11.3 Å². The highest BCUT2D eigenvalue weighted by Gasteiger charge is 2.19. The molecule has 1 aromatic heterocycles. The van der Waals surface area contributed by atoms with Gasteiger partial charge in [-0.2, -0.15) is 0 Å². The molecule has 0 aliphatic heterocycles. The van der Waals surface area contributed by atoms with Crippen molar-refractivity contribution in [1.29, 1.82) is 0 Å². The molecule has 0 spiro atoms. The Morgan fingerprint density at radius 3 is 2.34 bits per heavy atom. The van der Waals surface area contributed by atoms with E-state index in [9.17, 15) is 13.2 Å². The number of nitrogens with two attached hydrogens (primary N) is 1. The van der Waals surface area contributed by atoms with Crippen LogP contribution in [0.5, 0.6) is 0 Å². The summed E-state index contributed by atoms with van der Waals surface area (Å²) >= 11 is 0. The average Bonchev–Trinajstić information content (AvgIpc) is 2.84. The first-order valence-corrected chi connectivity index (χ1v) is 13.2. The van der Waals surface area contributed by atoms with Crippen molar-refractivity contribution in [2.24, 2.45) is 5.73 Å². The zero-order valence-electron chi connectivity index (χ0n) is 20.6. The molecule has 0 fully saturated rings. The van der Waals surface area contributed by atoms with Gasteiger partial charge < -0.3 is 11.1 Å². The molecular weight excluding hydrogens is 460 g/mol. The van der Waals surface area contributed by atoms with Crippen molar-refractivity contribution in [1.82, 2.24) is 15.3 Å². The molecule has 3 rings (SSSR count). The van der Waals surface area contributed by atoms with Crippen LogP contribution in [0.4, 0.5) is 0 Å². The minimum atomic E-state index is -3.37. The minimum absolute atomic E-state index is 0.199. The maximum absolute atomic E-state index is 13.0. The number of allylic oxidation sites excluding steroid dienone is 1. The van der Waals surface area contributed by atoms with Gasteiger partial charge in [-0.3, -0.25) is 9.78 Å². The van der Waals surface area contributed by atoms with Crippen LogP contribution in [0.2, 0.25) is 0 Å². The predicted molar refractivity (Wildman–Crippen MR) is 139 cm³/mol. The number of hydrogen-bond donors (Lipinski definition) is 2. The fourth-order valence-corrected chi connectivity index (χ4v) is 4.49. The maximum atomic E-state index is 13.0. The van der Waals surface area contributed by atoms with Gasteiger partial charge in [0.05, 0.1) is 27.7 Å². The predicted octanol–water partition coefficient (Wildman–Crippen LogP) is 4.32. The topological polar surface area (TPSA) is 115 Å². The summed E-state index contributed by atoms with van der Waals surface area (Å²) in [5.74, 6) is -0.345. The van der Waals surface area contributed by atoms with Crippen LogP contribution in [0.1, 0.15) is 54.5 Å². The molecule has 7 nitrogen and oxygen atoms in total. The van der Waals surface area contributed by atoms with Gasteiger partial charge in [-0.05, 0) is 57.0 Å². The number of ketones is 1. The van der Waals surface area contributed by atoms with Crippen molar-refractivity contribution in [3.63, 3.8) is 0 Å². The van der Waals surface area contributed by atoms with Gasteiger partial charge in [0.25, 0.3) is 0 Å². The molecule has 0 aliphatic rings. The highest BCUT2D eigenvalue weighted by molar-refractivity contribution is 7.92. The SMILES string of the molecule is CCCNCc1ccc(C(N)=CC(=O)c2nc(-c3ccc(S(=O)(=O)C(C)C)cc3)cnc2C)cc1. The summed E-state index contributed by atoms with van der Waals surface area (Å²) in [5, 5.41) is 2.84. The van der Waals surface area contributed by atoms with E-state index in [1.807, 2.05) is 24.3 Å². The quantitative estimate of drug-likeness (QED) is 0.246. The monoisotopic (exact) mass is 492 g/mol. The maximum Gasteiger partial charge on any atom is 0.208 e. The third-order valence-electron chi connectivity index (χ3n) is 5.62. The van der Waals surface area contributed by atoms with Crippen LogP contribution >= 0.6 is 0 Å². The molecule has 0 saturated carbocycles. The third kappa shape index (κ3) is 6.41. The zero-order valence-corrected chi connectivity index (χ0v) is 21.4. The first-order chi connectivity index (χ1) is 16.6. The van der Waals surface area contributed by atoms with E-state index in [-0.39, 0.29) is 16.4 Å². The van der Waals surface area contributed by atoms with E-state index < -0.39 is 15.1 Å². The normalized spacial score (nSPS) is 12.2. The highest BCUT2D eigenvalue weighted by atomic mass is 32.2. The lowest BCUT2D eigenvalue weighted by molar-refractivity contribution is 0.104. The molecule has 1 heterocycles. The van der Waals surface area contributed by atoms with E-state index in [1.165, 1.54) is 6.08 Å². The molecule has 0 bridgehead atoms. The summed E-state index contributed by atoms with van der Waals surface area (Å²) in [6.07, 6.45) is 4.00. The van der Waals surface area contributed by atoms with Crippen molar-refractivity contribution in [3.05, 3.63) is 83.3 Å². The standard InChI is InChI=1S/C27H32N4O3S/c1-5-14-29-16-20-6-8-21(9-7-20)24(28)15-26(32)27-19(4)30-17-25(31-27)22-10-12-23(13-11-22)35(33,34)18(2)3/h6-13,15,17-18,29H,5,14,16,28H2,1-4H3. The second kappa shape index (κ2) is 11.4. The van der Waals surface area contributed by atoms with Crippen LogP contribution < -0.4 is 11.1 Å². The van der Waals surface area contributed by atoms with Crippen LogP contribution in [0.3, 0.4) is 0 Å². The molecular formula is C27H32N4O3S. The summed E-state index contributed by atoms with van der Waals surface area (Å²) in [6.45, 7) is 8.86. The third-order valence-corrected chi connectivity index (χ3v) is 7.79. The lowest BCUT2D eigenvalue weighted by Gasteiger charge is -2.09. The van der Waals surface area contributed by atoms with Gasteiger partial charge in [0, 0.05) is 23.9 Å². The number of benzene rings is 2. The second-order valence-electron chi connectivity index (χ2n) is 8.65. The molecule has 2 aromatic carbocycles. The summed E-state index contributed by atoms with van der Waals surface area (Å²) in [6, 6.07) is 14.2. The van der Waals surface area contributed by atoms with Crippen LogP contribution in [-0.2, 0) is 16.4 Å². The number of rotatable bonds is 10. The Morgan fingerprint density at radius 2 is 1.74 bits per heavy atom. The lowest BCUT2D eigenvalue weighted by Crippen LogP contribution is -2.13. The molecule has 3 aromatic rings. The van der Waals surface area contributed by atoms with Crippen molar-refractivity contribution < 1.29 is 13.2 Å². The number of nitrogens with zero attached hydrogens (tertiary/aromatic N) is 2. The number of aromatic nitrogens is 2. The molecule has 0 amide bonds. The second-order valence-corrected chi connectivity index (χ2v) is 11.1. The highest BCUT2D eigenvalue weighted by Crippen LogP contribution is 2.23. The molecule has 35 heavy (non-hydrogen) atoms. The van der Waals surface area contributed by atoms with E-state index >= 15 is 0 Å². The number of carbonyl (C=O) groups is 1. The van der Waals surface area contributed by atoms with E-state index in [0.29, 0.717) is 22.6 Å². The number of sulfone groups is 1. The molecule has 0 atom stereocenters. The van der Waals surface area contributed by atoms with E-state index in [0.717, 1.165) is 30.6 Å². The first-order valence-electron chi connectivity index (χ1n) is 11.6. The van der Waals surface area contributed by atoms with Crippen LogP contribution in [0.25, 0.3) is 17.0 Å². The summed E-state index contributed by atoms with van der Waals surface area (Å²) in [4.78, 5) is 22.1. The van der Waals surface area contributed by atoms with Crippen LogP contribution in [0.15, 0.2) is 65.7 Å². The number of hydrogen-bond acceptors (Lipinski definition) is 7. The Labute approximate surface area is 207 Å². The Hall–Kier alpha value is -3.36. The summed E-state index contributed by atoms with van der Waals surface area (Å²) in [5.41, 5.74) is 10.3. The fraction of sp³-hybridized carbons (Fsp3) is 0.296. The molecule has 0 radical (unpaired) electrons. The first kappa shape index (κ1) is 26.2. The van der Waals surface area contributed by atoms with Gasteiger partial charge in [-0.15, -0.1) is 0 Å². The van der Waals surface area contributed by atoms with Gasteiger partial charge >= 0.3 is 0 Å². The Kier molecular flexibility index (Phi) is 8.53. The fourth-order valence-electron chi connectivity index (χ4n) is 3.43. The molecule has 0 aliphatic carbocycles. The van der Waals surface area contributed by atoms with Crippen molar-refractivity contribution in [2.75, 3.05) is 6.54 Å². The van der Waals surface area contributed by atoms with Gasteiger partial charge in [0.15, 0.2) is 9.84 Å². The molecule has 3 N–H and O–H groups in total. The number of nitrogens with one attached hydrogen (secondary N) is 1. The minimum Gasteiger partial charge on any atom is -0.398 e. The molecule has 8 heteroatoms. The smallest absolute Gasteiger partial charge is 0.208 e. The van der Waals surface area contributed by atoms with Gasteiger partial charge in [-0.1, -0.05) is 43.3 Å². The molecule has 0 saturated heterocycles. The molecule has 0 unspecified atom stereocenters. The zero-order chi connectivity index (χ0) is 25.6. The number of aryl methyl sites for hydroxylation is 1. The summed E-state index contributed by atoms with van der Waals surface area (Å²) in [7, 11) is -3.37. The van der Waals surface area contributed by atoms with Crippen molar-refractivity contribution in [2.45, 2.75) is 50.8 Å². The van der Waals surface area contributed by atoms with E-state index in [1.54, 1.807) is 51.2 Å². The number of carbonyl (C=O) groups excluding carboxylic acids is 1. The largest absolute Gasteiger partial charge is 0.398 e. The van der Waals surface area contributed by atoms with Gasteiger partial charge in [0.1, 0.15) is 5.69 Å².